The summed E-state index contributed by atoms with van der Waals surface area (Å²) in [6.07, 6.45) is 9.39. The van der Waals surface area contributed by atoms with Crippen LogP contribution < -0.4 is 10.2 Å². The molecule has 2 aliphatic rings. The summed E-state index contributed by atoms with van der Waals surface area (Å²) >= 11 is 0. The van der Waals surface area contributed by atoms with Gasteiger partial charge in [-0.3, -0.25) is 9.89 Å². The standard InChI is InChI=1S/C22H30N6.C4H4O4/c1-18-16-24-22(25-17-18)28-14-12-27(13-15-28)11-5-4-10-23-21-9-8-19-6-2-3-7-20(19)26-21;5-3(6)1-2-4(7)8/h2-3,6-7,16-17H,4-5,8-15H2,1H3,(H,23,26);1-2H,(H,5,6)(H,7,8)/b;2-1+. The second kappa shape index (κ2) is 13.9. The van der Waals surface area contributed by atoms with Crippen LogP contribution in [-0.2, 0) is 16.0 Å². The van der Waals surface area contributed by atoms with E-state index in [0.717, 1.165) is 75.9 Å². The Morgan fingerprint density at radius 1 is 1.00 bits per heavy atom. The normalized spacial score (nSPS) is 16.7. The maximum atomic E-state index is 9.55. The average molecular weight is 495 g/mol. The number of carbonyl (C=O) groups is 2. The number of aryl methyl sites for hydroxylation is 2. The van der Waals surface area contributed by atoms with Crippen molar-refractivity contribution in [3.63, 3.8) is 0 Å². The van der Waals surface area contributed by atoms with Crippen LogP contribution in [0.15, 0.2) is 53.8 Å². The number of aromatic nitrogens is 2. The molecule has 2 aromatic rings. The molecule has 3 N–H and O–H groups in total. The molecule has 0 amide bonds. The van der Waals surface area contributed by atoms with Crippen molar-refractivity contribution in [1.82, 2.24) is 14.9 Å². The molecule has 1 fully saturated rings. The molecule has 0 spiro atoms. The van der Waals surface area contributed by atoms with Crippen LogP contribution in [0.1, 0.15) is 30.4 Å². The largest absolute Gasteiger partial charge is 0.478 e. The maximum Gasteiger partial charge on any atom is 0.328 e. The lowest BCUT2D eigenvalue weighted by atomic mass is 10.0. The van der Waals surface area contributed by atoms with E-state index in [1.807, 2.05) is 19.3 Å². The third kappa shape index (κ3) is 9.10. The zero-order valence-corrected chi connectivity index (χ0v) is 20.6. The molecule has 1 aromatic carbocycles. The van der Waals surface area contributed by atoms with Crippen molar-refractivity contribution in [3.05, 3.63) is 59.9 Å². The number of hydrogen-bond acceptors (Lipinski definition) is 7. The Morgan fingerprint density at radius 2 is 1.67 bits per heavy atom. The van der Waals surface area contributed by atoms with Gasteiger partial charge >= 0.3 is 11.9 Å². The number of amidine groups is 1. The molecule has 10 nitrogen and oxygen atoms in total. The molecule has 4 rings (SSSR count). The zero-order chi connectivity index (χ0) is 25.8. The Bertz CT molecular complexity index is 1050. The Morgan fingerprint density at radius 3 is 2.33 bits per heavy atom. The number of piperazine rings is 1. The van der Waals surface area contributed by atoms with Crippen LogP contribution in [0.25, 0.3) is 0 Å². The van der Waals surface area contributed by atoms with Gasteiger partial charge in [0, 0.05) is 69.4 Å². The molecule has 0 aliphatic carbocycles. The molecule has 1 aromatic heterocycles. The minimum absolute atomic E-state index is 0.558. The van der Waals surface area contributed by atoms with E-state index in [4.69, 9.17) is 15.2 Å². The number of aliphatic carboxylic acids is 2. The highest BCUT2D eigenvalue weighted by molar-refractivity contribution is 5.98. The van der Waals surface area contributed by atoms with Crippen LogP contribution in [0.5, 0.6) is 0 Å². The number of unbranched alkanes of at least 4 members (excludes halogenated alkanes) is 1. The number of hydrogen-bond donors (Lipinski definition) is 3. The van der Waals surface area contributed by atoms with Gasteiger partial charge in [0.2, 0.25) is 5.95 Å². The second-order valence-corrected chi connectivity index (χ2v) is 8.72. The first-order chi connectivity index (χ1) is 17.4. The number of carboxylic acids is 2. The molecular formula is C26H34N6O4. The highest BCUT2D eigenvalue weighted by Gasteiger charge is 2.18. The first kappa shape index (κ1) is 26.8. The predicted molar refractivity (Wildman–Crippen MR) is 140 cm³/mol. The summed E-state index contributed by atoms with van der Waals surface area (Å²) in [4.78, 5) is 37.6. The van der Waals surface area contributed by atoms with E-state index in [0.29, 0.717) is 12.2 Å². The monoisotopic (exact) mass is 494 g/mol. The first-order valence-corrected chi connectivity index (χ1v) is 12.2. The molecule has 36 heavy (non-hydrogen) atoms. The highest BCUT2D eigenvalue weighted by Crippen LogP contribution is 2.22. The number of benzene rings is 1. The maximum absolute atomic E-state index is 9.55. The van der Waals surface area contributed by atoms with Crippen molar-refractivity contribution in [2.45, 2.75) is 32.6 Å². The summed E-state index contributed by atoms with van der Waals surface area (Å²) in [5, 5.41) is 19.1. The van der Waals surface area contributed by atoms with Gasteiger partial charge in [-0.05, 0) is 49.9 Å². The molecule has 0 radical (unpaired) electrons. The average Bonchev–Trinajstić information content (AvgIpc) is 2.88. The van der Waals surface area contributed by atoms with Gasteiger partial charge in [-0.15, -0.1) is 0 Å². The fourth-order valence-corrected chi connectivity index (χ4v) is 3.97. The van der Waals surface area contributed by atoms with Crippen molar-refractivity contribution in [2.75, 3.05) is 49.5 Å². The van der Waals surface area contributed by atoms with E-state index < -0.39 is 11.9 Å². The summed E-state index contributed by atoms with van der Waals surface area (Å²) in [6, 6.07) is 8.53. The molecule has 10 heteroatoms. The topological polar surface area (TPSA) is 131 Å². The summed E-state index contributed by atoms with van der Waals surface area (Å²) in [7, 11) is 0. The van der Waals surface area contributed by atoms with Crippen LogP contribution in [0.2, 0.25) is 0 Å². The van der Waals surface area contributed by atoms with E-state index in [1.54, 1.807) is 0 Å². The predicted octanol–water partition coefficient (Wildman–Crippen LogP) is 2.86. The Labute approximate surface area is 211 Å². The summed E-state index contributed by atoms with van der Waals surface area (Å²) in [6.45, 7) is 8.29. The number of fused-ring (bicyclic) bond motifs is 1. The van der Waals surface area contributed by atoms with E-state index in [-0.39, 0.29) is 0 Å². The van der Waals surface area contributed by atoms with E-state index in [9.17, 15) is 9.59 Å². The Kier molecular flexibility index (Phi) is 10.4. The molecule has 0 saturated carbocycles. The van der Waals surface area contributed by atoms with Crippen molar-refractivity contribution in [1.29, 1.82) is 0 Å². The first-order valence-electron chi connectivity index (χ1n) is 12.2. The number of para-hydroxylation sites is 1. The minimum Gasteiger partial charge on any atom is -0.478 e. The Balaban J connectivity index is 0.000000392. The van der Waals surface area contributed by atoms with Gasteiger partial charge in [0.25, 0.3) is 0 Å². The number of carboxylic acid groups (broad SMARTS) is 2. The summed E-state index contributed by atoms with van der Waals surface area (Å²) in [5.41, 5.74) is 3.73. The number of anilines is 2. The molecule has 0 unspecified atom stereocenters. The van der Waals surface area contributed by atoms with Gasteiger partial charge in [0.05, 0.1) is 0 Å². The second-order valence-electron chi connectivity index (χ2n) is 8.72. The van der Waals surface area contributed by atoms with E-state index >= 15 is 0 Å². The smallest absolute Gasteiger partial charge is 0.328 e. The van der Waals surface area contributed by atoms with Crippen LogP contribution >= 0.6 is 0 Å². The van der Waals surface area contributed by atoms with E-state index in [2.05, 4.69) is 49.4 Å². The van der Waals surface area contributed by atoms with E-state index in [1.165, 1.54) is 17.7 Å². The van der Waals surface area contributed by atoms with Crippen LogP contribution in [-0.4, -0.2) is 82.1 Å². The fourth-order valence-electron chi connectivity index (χ4n) is 3.97. The fraction of sp³-hybridized carbons (Fsp3) is 0.423. The zero-order valence-electron chi connectivity index (χ0n) is 20.6. The van der Waals surface area contributed by atoms with Crippen LogP contribution in [0.4, 0.5) is 11.6 Å². The van der Waals surface area contributed by atoms with Gasteiger partial charge in [0.15, 0.2) is 0 Å². The van der Waals surface area contributed by atoms with Gasteiger partial charge < -0.3 is 20.4 Å². The number of nitrogens with zero attached hydrogens (tertiary/aromatic N) is 5. The Hall–Kier alpha value is -3.79. The highest BCUT2D eigenvalue weighted by atomic mass is 16.4. The van der Waals surface area contributed by atoms with Gasteiger partial charge in [-0.25, -0.2) is 19.6 Å². The molecule has 0 atom stereocenters. The number of aliphatic imine (C=N–C) groups is 1. The lowest BCUT2D eigenvalue weighted by molar-refractivity contribution is -0.134. The molecule has 3 heterocycles. The van der Waals surface area contributed by atoms with Crippen LogP contribution in [0, 0.1) is 6.92 Å². The quantitative estimate of drug-likeness (QED) is 0.374. The number of nitrogens with one attached hydrogen (secondary N) is 1. The third-order valence-electron chi connectivity index (χ3n) is 5.90. The molecule has 0 bridgehead atoms. The molecule has 192 valence electrons. The number of rotatable bonds is 8. The lowest BCUT2D eigenvalue weighted by Crippen LogP contribution is -2.47. The molecular weight excluding hydrogens is 460 g/mol. The molecule has 1 saturated heterocycles. The van der Waals surface area contributed by atoms with Gasteiger partial charge in [-0.1, -0.05) is 18.2 Å². The van der Waals surface area contributed by atoms with Crippen molar-refractivity contribution in [3.8, 4) is 0 Å². The molecule has 2 aliphatic heterocycles. The lowest BCUT2D eigenvalue weighted by Gasteiger charge is -2.34. The summed E-state index contributed by atoms with van der Waals surface area (Å²) in [5.74, 6) is -0.507. The van der Waals surface area contributed by atoms with Gasteiger partial charge in [-0.2, -0.15) is 0 Å². The minimum atomic E-state index is -1.26. The summed E-state index contributed by atoms with van der Waals surface area (Å²) < 4.78 is 0. The van der Waals surface area contributed by atoms with Crippen molar-refractivity contribution >= 4 is 29.4 Å². The third-order valence-corrected chi connectivity index (χ3v) is 5.90. The SMILES string of the molecule is Cc1cnc(N2CCN(CCCCN=C3CCc4ccccc4N3)CC2)nc1.O=C(O)/C=C/C(=O)O. The van der Waals surface area contributed by atoms with Gasteiger partial charge in [0.1, 0.15) is 5.84 Å². The van der Waals surface area contributed by atoms with Crippen LogP contribution in [0.3, 0.4) is 0 Å². The van der Waals surface area contributed by atoms with Crippen molar-refractivity contribution < 1.29 is 19.8 Å². The van der Waals surface area contributed by atoms with Crippen molar-refractivity contribution in [2.24, 2.45) is 4.99 Å².